The molecule has 1 atom stereocenters. The molecule has 0 unspecified atom stereocenters. The molecule has 1 amide bonds. The standard InChI is InChI=1S/C16H11N3O3/c20-10-5-3-4-9(8-10)13-18-15(21)14-17-12-7-2-1-6-11(12)16(22)19(13)14/h1-8,13,20H,(H,18,21)/t13-/m1/s1. The summed E-state index contributed by atoms with van der Waals surface area (Å²) >= 11 is 0. The molecule has 0 bridgehead atoms. The third kappa shape index (κ3) is 1.70. The van der Waals surface area contributed by atoms with Gasteiger partial charge < -0.3 is 10.4 Å². The number of hydrogen-bond acceptors (Lipinski definition) is 4. The Kier molecular flexibility index (Phi) is 2.53. The van der Waals surface area contributed by atoms with Crippen molar-refractivity contribution in [1.82, 2.24) is 14.9 Å². The van der Waals surface area contributed by atoms with Gasteiger partial charge in [-0.05, 0) is 29.8 Å². The number of para-hydroxylation sites is 1. The van der Waals surface area contributed by atoms with E-state index in [2.05, 4.69) is 10.3 Å². The Morgan fingerprint density at radius 1 is 1.09 bits per heavy atom. The highest BCUT2D eigenvalue weighted by atomic mass is 16.3. The number of rotatable bonds is 1. The summed E-state index contributed by atoms with van der Waals surface area (Å²) in [5, 5.41) is 12.8. The van der Waals surface area contributed by atoms with Gasteiger partial charge in [0, 0.05) is 0 Å². The molecular weight excluding hydrogens is 282 g/mol. The number of aromatic hydroxyl groups is 1. The fourth-order valence-corrected chi connectivity index (χ4v) is 2.73. The number of carbonyl (C=O) groups is 1. The molecule has 0 saturated carbocycles. The van der Waals surface area contributed by atoms with Gasteiger partial charge in [-0.2, -0.15) is 0 Å². The second kappa shape index (κ2) is 4.42. The Bertz CT molecular complexity index is 978. The van der Waals surface area contributed by atoms with Crippen LogP contribution >= 0.6 is 0 Å². The van der Waals surface area contributed by atoms with E-state index < -0.39 is 12.1 Å². The average Bonchev–Trinajstić information content (AvgIpc) is 2.85. The number of nitrogens with zero attached hydrogens (tertiary/aromatic N) is 2. The van der Waals surface area contributed by atoms with Crippen LogP contribution < -0.4 is 10.9 Å². The van der Waals surface area contributed by atoms with Crippen LogP contribution in [0.2, 0.25) is 0 Å². The average molecular weight is 293 g/mol. The van der Waals surface area contributed by atoms with Crippen molar-refractivity contribution in [2.75, 3.05) is 0 Å². The summed E-state index contributed by atoms with van der Waals surface area (Å²) in [6.07, 6.45) is -0.667. The monoisotopic (exact) mass is 293 g/mol. The zero-order valence-corrected chi connectivity index (χ0v) is 11.4. The minimum absolute atomic E-state index is 0.0713. The molecule has 0 aliphatic carbocycles. The number of fused-ring (bicyclic) bond motifs is 2. The Morgan fingerprint density at radius 3 is 2.73 bits per heavy atom. The SMILES string of the molecule is O=C1N[C@@H](c2cccc(O)c2)n2c1nc1ccccc1c2=O. The van der Waals surface area contributed by atoms with E-state index in [4.69, 9.17) is 0 Å². The zero-order valence-electron chi connectivity index (χ0n) is 11.4. The molecule has 0 fully saturated rings. The second-order valence-corrected chi connectivity index (χ2v) is 5.10. The van der Waals surface area contributed by atoms with Crippen LogP contribution in [-0.4, -0.2) is 20.6 Å². The number of carbonyl (C=O) groups excluding carboxylic acids is 1. The molecule has 2 heterocycles. The third-order valence-corrected chi connectivity index (χ3v) is 3.72. The lowest BCUT2D eigenvalue weighted by Crippen LogP contribution is -2.28. The van der Waals surface area contributed by atoms with Crippen molar-refractivity contribution < 1.29 is 9.90 Å². The first-order chi connectivity index (χ1) is 10.6. The van der Waals surface area contributed by atoms with Crippen LogP contribution in [0.3, 0.4) is 0 Å². The van der Waals surface area contributed by atoms with Crippen LogP contribution in [0.15, 0.2) is 53.3 Å². The van der Waals surface area contributed by atoms with E-state index in [-0.39, 0.29) is 17.1 Å². The van der Waals surface area contributed by atoms with Crippen molar-refractivity contribution in [3.8, 4) is 5.75 Å². The fourth-order valence-electron chi connectivity index (χ4n) is 2.73. The van der Waals surface area contributed by atoms with E-state index >= 15 is 0 Å². The van der Waals surface area contributed by atoms with Crippen LogP contribution in [0.1, 0.15) is 22.3 Å². The Morgan fingerprint density at radius 2 is 1.91 bits per heavy atom. The largest absolute Gasteiger partial charge is 0.508 e. The maximum Gasteiger partial charge on any atom is 0.289 e. The molecule has 6 heteroatoms. The summed E-state index contributed by atoms with van der Waals surface area (Å²) in [6, 6.07) is 13.4. The number of nitrogens with one attached hydrogen (secondary N) is 1. The third-order valence-electron chi connectivity index (χ3n) is 3.72. The van der Waals surface area contributed by atoms with Crippen molar-refractivity contribution in [2.45, 2.75) is 6.17 Å². The number of phenolic OH excluding ortho intramolecular Hbond substituents is 1. The number of benzene rings is 2. The van der Waals surface area contributed by atoms with Crippen molar-refractivity contribution in [3.05, 3.63) is 70.3 Å². The molecule has 6 nitrogen and oxygen atoms in total. The van der Waals surface area contributed by atoms with E-state index in [9.17, 15) is 14.7 Å². The molecule has 0 spiro atoms. The van der Waals surface area contributed by atoms with Gasteiger partial charge in [0.05, 0.1) is 10.9 Å². The Hall–Kier alpha value is -3.15. The van der Waals surface area contributed by atoms with Gasteiger partial charge in [-0.3, -0.25) is 14.2 Å². The van der Waals surface area contributed by atoms with Gasteiger partial charge >= 0.3 is 0 Å². The summed E-state index contributed by atoms with van der Waals surface area (Å²) in [5.41, 5.74) is 0.823. The minimum atomic E-state index is -0.667. The molecule has 108 valence electrons. The first-order valence-corrected chi connectivity index (χ1v) is 6.76. The van der Waals surface area contributed by atoms with Crippen molar-refractivity contribution in [1.29, 1.82) is 0 Å². The van der Waals surface area contributed by atoms with Gasteiger partial charge in [0.1, 0.15) is 11.9 Å². The molecule has 0 saturated heterocycles. The van der Waals surface area contributed by atoms with E-state index in [1.54, 1.807) is 36.4 Å². The highest BCUT2D eigenvalue weighted by Gasteiger charge is 2.32. The van der Waals surface area contributed by atoms with Gasteiger partial charge in [0.15, 0.2) is 0 Å². The lowest BCUT2D eigenvalue weighted by atomic mass is 10.1. The fraction of sp³-hybridized carbons (Fsp3) is 0.0625. The number of hydrogen-bond donors (Lipinski definition) is 2. The molecule has 22 heavy (non-hydrogen) atoms. The smallest absolute Gasteiger partial charge is 0.289 e. The molecule has 4 rings (SSSR count). The van der Waals surface area contributed by atoms with Gasteiger partial charge in [0.2, 0.25) is 5.82 Å². The van der Waals surface area contributed by atoms with E-state index in [0.29, 0.717) is 16.5 Å². The molecule has 2 aromatic carbocycles. The van der Waals surface area contributed by atoms with Gasteiger partial charge in [-0.15, -0.1) is 0 Å². The summed E-state index contributed by atoms with van der Waals surface area (Å²) in [5.74, 6) is -0.254. The maximum absolute atomic E-state index is 12.7. The molecular formula is C16H11N3O3. The van der Waals surface area contributed by atoms with E-state index in [1.807, 2.05) is 0 Å². The summed E-state index contributed by atoms with van der Waals surface area (Å²) in [7, 11) is 0. The van der Waals surface area contributed by atoms with Crippen LogP contribution in [-0.2, 0) is 0 Å². The zero-order chi connectivity index (χ0) is 15.3. The predicted molar refractivity (Wildman–Crippen MR) is 79.7 cm³/mol. The first-order valence-electron chi connectivity index (χ1n) is 6.76. The number of phenols is 1. The summed E-state index contributed by atoms with van der Waals surface area (Å²) in [4.78, 5) is 29.1. The second-order valence-electron chi connectivity index (χ2n) is 5.10. The maximum atomic E-state index is 12.7. The quantitative estimate of drug-likeness (QED) is 0.710. The van der Waals surface area contributed by atoms with E-state index in [0.717, 1.165) is 0 Å². The van der Waals surface area contributed by atoms with Crippen LogP contribution in [0.25, 0.3) is 10.9 Å². The van der Waals surface area contributed by atoms with Crippen LogP contribution in [0, 0.1) is 0 Å². The molecule has 3 aromatic rings. The topological polar surface area (TPSA) is 84.2 Å². The van der Waals surface area contributed by atoms with Gasteiger partial charge in [-0.25, -0.2) is 4.98 Å². The molecule has 1 aliphatic heterocycles. The van der Waals surface area contributed by atoms with Crippen molar-refractivity contribution >= 4 is 16.8 Å². The number of amides is 1. The summed E-state index contributed by atoms with van der Waals surface area (Å²) < 4.78 is 1.33. The van der Waals surface area contributed by atoms with Crippen LogP contribution in [0.5, 0.6) is 5.75 Å². The normalized spacial score (nSPS) is 16.5. The molecule has 0 radical (unpaired) electrons. The predicted octanol–water partition coefficient (Wildman–Crippen LogP) is 1.39. The number of aromatic nitrogens is 2. The first kappa shape index (κ1) is 12.6. The Balaban J connectivity index is 2.01. The lowest BCUT2D eigenvalue weighted by molar-refractivity contribution is 0.0956. The van der Waals surface area contributed by atoms with Crippen LogP contribution in [0.4, 0.5) is 0 Å². The molecule has 1 aliphatic rings. The summed E-state index contributed by atoms with van der Waals surface area (Å²) in [6.45, 7) is 0. The highest BCUT2D eigenvalue weighted by Crippen LogP contribution is 2.24. The molecule has 2 N–H and O–H groups in total. The highest BCUT2D eigenvalue weighted by molar-refractivity contribution is 5.95. The van der Waals surface area contributed by atoms with E-state index in [1.165, 1.54) is 16.7 Å². The lowest BCUT2D eigenvalue weighted by Gasteiger charge is -2.14. The minimum Gasteiger partial charge on any atom is -0.508 e. The van der Waals surface area contributed by atoms with Gasteiger partial charge in [0.25, 0.3) is 11.5 Å². The van der Waals surface area contributed by atoms with Crippen molar-refractivity contribution in [3.63, 3.8) is 0 Å². The molecule has 1 aromatic heterocycles. The van der Waals surface area contributed by atoms with Crippen molar-refractivity contribution in [2.24, 2.45) is 0 Å². The van der Waals surface area contributed by atoms with Gasteiger partial charge in [-0.1, -0.05) is 24.3 Å². The Labute approximate surface area is 124 Å².